The standard InChI is InChI=1S/C27H37N3O4S/c1-5-7-13-30-24-16-26-23(15-21(24)20(17-27(30,3)4)18-35(31,32)33)29-22-14-19(9-8-12-28-6-2)10-11-25(22)34-26/h11,14-17,28H,5-10,12-13,18H2,1-4H3,(H,31,32,33). The first-order chi connectivity index (χ1) is 16.6. The molecule has 7 nitrogen and oxygen atoms in total. The lowest BCUT2D eigenvalue weighted by Crippen LogP contribution is -2.46. The molecule has 3 aliphatic rings. The Balaban J connectivity index is 1.72. The summed E-state index contributed by atoms with van der Waals surface area (Å²) in [7, 11) is -4.19. The minimum Gasteiger partial charge on any atom is -0.453 e. The molecule has 190 valence electrons. The van der Waals surface area contributed by atoms with Gasteiger partial charge < -0.3 is 15.0 Å². The van der Waals surface area contributed by atoms with Gasteiger partial charge in [0.15, 0.2) is 5.75 Å². The van der Waals surface area contributed by atoms with Crippen LogP contribution < -0.4 is 15.0 Å². The van der Waals surface area contributed by atoms with E-state index in [1.165, 1.54) is 5.57 Å². The minimum absolute atomic E-state index is 0.409. The number of anilines is 1. The molecule has 2 aliphatic heterocycles. The third kappa shape index (κ3) is 5.88. The van der Waals surface area contributed by atoms with Crippen LogP contribution in [0.4, 0.5) is 11.4 Å². The summed E-state index contributed by atoms with van der Waals surface area (Å²) in [5, 5.41) is 3.36. The van der Waals surface area contributed by atoms with E-state index in [-0.39, 0.29) is 0 Å². The number of hydrogen-bond acceptors (Lipinski definition) is 6. The fourth-order valence-corrected chi connectivity index (χ4v) is 5.65. The van der Waals surface area contributed by atoms with Gasteiger partial charge in [0.2, 0.25) is 0 Å². The first-order valence-electron chi connectivity index (χ1n) is 12.6. The van der Waals surface area contributed by atoms with Gasteiger partial charge in [-0.15, -0.1) is 0 Å². The van der Waals surface area contributed by atoms with Crippen molar-refractivity contribution in [3.8, 4) is 5.75 Å². The predicted octanol–water partition coefficient (Wildman–Crippen LogP) is 5.43. The smallest absolute Gasteiger partial charge is 0.269 e. The Hall–Kier alpha value is -2.42. The minimum atomic E-state index is -4.19. The number of aliphatic imine (C=N–C) groups is 1. The van der Waals surface area contributed by atoms with E-state index in [4.69, 9.17) is 9.73 Å². The molecule has 4 rings (SSSR count). The molecule has 2 N–H and O–H groups in total. The molecule has 0 bridgehead atoms. The van der Waals surface area contributed by atoms with Gasteiger partial charge in [-0.2, -0.15) is 8.42 Å². The van der Waals surface area contributed by atoms with Crippen molar-refractivity contribution in [1.82, 2.24) is 5.32 Å². The molecule has 0 saturated heterocycles. The van der Waals surface area contributed by atoms with E-state index < -0.39 is 21.4 Å². The van der Waals surface area contributed by atoms with Crippen LogP contribution in [-0.4, -0.2) is 49.6 Å². The zero-order chi connectivity index (χ0) is 25.2. The fraction of sp³-hybridized carbons (Fsp3) is 0.519. The summed E-state index contributed by atoms with van der Waals surface area (Å²) in [5.74, 6) is 1.02. The lowest BCUT2D eigenvalue weighted by molar-refractivity contribution is 0.446. The van der Waals surface area contributed by atoms with E-state index in [2.05, 4.69) is 50.1 Å². The Bertz CT molecular complexity index is 1210. The number of benzene rings is 1. The zero-order valence-corrected chi connectivity index (χ0v) is 22.0. The molecule has 0 amide bonds. The highest BCUT2D eigenvalue weighted by Crippen LogP contribution is 2.47. The van der Waals surface area contributed by atoms with Crippen LogP contribution in [0.5, 0.6) is 5.75 Å². The van der Waals surface area contributed by atoms with Crippen molar-refractivity contribution in [2.45, 2.75) is 65.3 Å². The van der Waals surface area contributed by atoms with Gasteiger partial charge in [-0.1, -0.05) is 31.9 Å². The molecular weight excluding hydrogens is 462 g/mol. The summed E-state index contributed by atoms with van der Waals surface area (Å²) in [6.07, 6.45) is 11.2. The first-order valence-corrected chi connectivity index (χ1v) is 14.2. The van der Waals surface area contributed by atoms with Crippen LogP contribution in [0, 0.1) is 0 Å². The van der Waals surface area contributed by atoms with Crippen molar-refractivity contribution in [2.75, 3.05) is 30.3 Å². The van der Waals surface area contributed by atoms with Gasteiger partial charge in [0.05, 0.1) is 5.54 Å². The molecule has 0 radical (unpaired) electrons. The van der Waals surface area contributed by atoms with Crippen molar-refractivity contribution in [1.29, 1.82) is 0 Å². The summed E-state index contributed by atoms with van der Waals surface area (Å²) in [4.78, 5) is 7.19. The maximum atomic E-state index is 11.8. The van der Waals surface area contributed by atoms with E-state index >= 15 is 0 Å². The van der Waals surface area contributed by atoms with E-state index in [9.17, 15) is 13.0 Å². The topological polar surface area (TPSA) is 91.2 Å². The van der Waals surface area contributed by atoms with Gasteiger partial charge >= 0.3 is 0 Å². The number of nitrogens with one attached hydrogen (secondary N) is 1. The Kier molecular flexibility index (Phi) is 7.54. The predicted molar refractivity (Wildman–Crippen MR) is 143 cm³/mol. The maximum absolute atomic E-state index is 11.8. The lowest BCUT2D eigenvalue weighted by atomic mass is 9.87. The lowest BCUT2D eigenvalue weighted by Gasteiger charge is -2.44. The van der Waals surface area contributed by atoms with Gasteiger partial charge in [0.25, 0.3) is 10.1 Å². The van der Waals surface area contributed by atoms with Crippen molar-refractivity contribution < 1.29 is 17.7 Å². The van der Waals surface area contributed by atoms with E-state index in [1.54, 1.807) is 0 Å². The highest BCUT2D eigenvalue weighted by Gasteiger charge is 2.35. The second-order valence-corrected chi connectivity index (χ2v) is 11.5. The molecule has 1 aliphatic carbocycles. The second kappa shape index (κ2) is 10.3. The van der Waals surface area contributed by atoms with Crippen molar-refractivity contribution in [3.05, 3.63) is 47.3 Å². The van der Waals surface area contributed by atoms with Crippen LogP contribution in [-0.2, 0) is 10.1 Å². The molecule has 0 saturated carbocycles. The molecule has 0 fully saturated rings. The average molecular weight is 500 g/mol. The van der Waals surface area contributed by atoms with Gasteiger partial charge in [-0.25, -0.2) is 4.99 Å². The number of nitrogens with zero attached hydrogens (tertiary/aromatic N) is 2. The van der Waals surface area contributed by atoms with Crippen LogP contribution in [0.15, 0.2) is 46.7 Å². The normalized spacial score (nSPS) is 18.4. The van der Waals surface area contributed by atoms with Crippen LogP contribution in [0.25, 0.3) is 5.57 Å². The van der Waals surface area contributed by atoms with Crippen molar-refractivity contribution in [3.63, 3.8) is 0 Å². The highest BCUT2D eigenvalue weighted by molar-refractivity contribution is 7.86. The SMILES string of the molecule is CCCCN1c2cc3c(cc2C(CS(=O)(=O)O)=CC1(C)C)N=C1C=C(CCCNCC)CC=C1O3. The number of fused-ring (bicyclic) bond motifs is 3. The fourth-order valence-electron chi connectivity index (χ4n) is 5.01. The van der Waals surface area contributed by atoms with Gasteiger partial charge in [0.1, 0.15) is 22.9 Å². The molecular formula is C27H37N3O4S. The summed E-state index contributed by atoms with van der Waals surface area (Å²) in [5.41, 5.74) is 4.69. The average Bonchev–Trinajstić information content (AvgIpc) is 2.78. The molecule has 8 heteroatoms. The van der Waals surface area contributed by atoms with Crippen molar-refractivity contribution in [2.24, 2.45) is 4.99 Å². The largest absolute Gasteiger partial charge is 0.453 e. The Morgan fingerprint density at radius 1 is 1.23 bits per heavy atom. The van der Waals surface area contributed by atoms with E-state index in [0.717, 1.165) is 74.5 Å². The van der Waals surface area contributed by atoms with Gasteiger partial charge in [0, 0.05) is 23.9 Å². The van der Waals surface area contributed by atoms with Gasteiger partial charge in [-0.05, 0) is 76.4 Å². The molecule has 0 aromatic heterocycles. The van der Waals surface area contributed by atoms with Gasteiger partial charge in [-0.3, -0.25) is 4.55 Å². The third-order valence-electron chi connectivity index (χ3n) is 6.72. The number of ether oxygens (including phenoxy) is 1. The first kappa shape index (κ1) is 25.7. The second-order valence-electron chi connectivity index (χ2n) is 10.0. The summed E-state index contributed by atoms with van der Waals surface area (Å²) in [6.45, 7) is 11.2. The molecule has 0 spiro atoms. The number of hydrogen-bond donors (Lipinski definition) is 2. The monoisotopic (exact) mass is 499 g/mol. The van der Waals surface area contributed by atoms with E-state index in [1.807, 2.05) is 18.2 Å². The summed E-state index contributed by atoms with van der Waals surface area (Å²) < 4.78 is 39.6. The van der Waals surface area contributed by atoms with Crippen LogP contribution in [0.3, 0.4) is 0 Å². The number of rotatable bonds is 10. The number of unbranched alkanes of at least 4 members (excludes halogenated alkanes) is 1. The summed E-state index contributed by atoms with van der Waals surface area (Å²) in [6, 6.07) is 3.89. The Morgan fingerprint density at radius 3 is 2.74 bits per heavy atom. The Morgan fingerprint density at radius 2 is 2.03 bits per heavy atom. The third-order valence-corrected chi connectivity index (χ3v) is 7.39. The maximum Gasteiger partial charge on any atom is 0.269 e. The van der Waals surface area contributed by atoms with Crippen LogP contribution in [0.1, 0.15) is 65.4 Å². The molecule has 2 heterocycles. The molecule has 1 aromatic rings. The molecule has 0 atom stereocenters. The van der Waals surface area contributed by atoms with E-state index in [0.29, 0.717) is 17.0 Å². The quantitative estimate of drug-likeness (QED) is 0.330. The van der Waals surface area contributed by atoms with Crippen molar-refractivity contribution >= 4 is 32.8 Å². The zero-order valence-electron chi connectivity index (χ0n) is 21.2. The molecule has 0 unspecified atom stereocenters. The number of allylic oxidation sites excluding steroid dienone is 3. The molecule has 35 heavy (non-hydrogen) atoms. The summed E-state index contributed by atoms with van der Waals surface area (Å²) >= 11 is 0. The van der Waals surface area contributed by atoms with Crippen LogP contribution in [0.2, 0.25) is 0 Å². The van der Waals surface area contributed by atoms with Crippen LogP contribution >= 0.6 is 0 Å². The Labute approximate surface area is 209 Å². The highest BCUT2D eigenvalue weighted by atomic mass is 32.2. The molecule has 1 aromatic carbocycles.